The summed E-state index contributed by atoms with van der Waals surface area (Å²) in [4.78, 5) is 0. The lowest BCUT2D eigenvalue weighted by molar-refractivity contribution is 0.592. The Morgan fingerprint density at radius 1 is 1.24 bits per heavy atom. The topological polar surface area (TPSA) is 23.8 Å². The lowest BCUT2D eigenvalue weighted by atomic mass is 10.0. The first-order valence-electron chi connectivity index (χ1n) is 6.12. The van der Waals surface area contributed by atoms with Crippen LogP contribution in [0.4, 0.5) is 0 Å². The molecule has 2 atom stereocenters. The molecular weight excluding hydrogens is 206 g/mol. The smallest absolute Gasteiger partial charge is 0.0991 e. The summed E-state index contributed by atoms with van der Waals surface area (Å²) in [5, 5.41) is 8.80. The number of allylic oxidation sites excluding steroid dienone is 2. The minimum Gasteiger partial charge on any atom is -0.192 e. The lowest BCUT2D eigenvalue weighted by Crippen LogP contribution is -1.90. The van der Waals surface area contributed by atoms with Crippen LogP contribution in [0.3, 0.4) is 0 Å². The quantitative estimate of drug-likeness (QED) is 0.690. The molecule has 1 aliphatic rings. The van der Waals surface area contributed by atoms with Crippen LogP contribution >= 0.6 is 0 Å². The lowest BCUT2D eigenvalue weighted by Gasteiger charge is -2.02. The molecule has 0 unspecified atom stereocenters. The van der Waals surface area contributed by atoms with Gasteiger partial charge in [0.1, 0.15) is 0 Å². The van der Waals surface area contributed by atoms with E-state index in [0.717, 1.165) is 5.56 Å². The minimum atomic E-state index is 0.353. The van der Waals surface area contributed by atoms with E-state index in [1.165, 1.54) is 11.1 Å². The third kappa shape index (κ3) is 2.13. The SMILES string of the molecule is CC(C)=C[C@H]1[C@H](c2ccc(C#N)cc2)C1(C)C. The summed E-state index contributed by atoms with van der Waals surface area (Å²) in [7, 11) is 0. The summed E-state index contributed by atoms with van der Waals surface area (Å²) < 4.78 is 0. The van der Waals surface area contributed by atoms with Crippen LogP contribution in [0.25, 0.3) is 0 Å². The van der Waals surface area contributed by atoms with Crippen LogP contribution in [0.2, 0.25) is 0 Å². The highest BCUT2D eigenvalue weighted by Crippen LogP contribution is 2.65. The molecular formula is C16H19N. The number of hydrogen-bond donors (Lipinski definition) is 0. The fourth-order valence-corrected chi connectivity index (χ4v) is 2.75. The zero-order valence-electron chi connectivity index (χ0n) is 11.0. The first-order chi connectivity index (χ1) is 7.96. The van der Waals surface area contributed by atoms with Crippen molar-refractivity contribution < 1.29 is 0 Å². The van der Waals surface area contributed by atoms with Crippen LogP contribution in [0.5, 0.6) is 0 Å². The molecule has 17 heavy (non-hydrogen) atoms. The van der Waals surface area contributed by atoms with Crippen molar-refractivity contribution in [2.24, 2.45) is 11.3 Å². The molecule has 2 rings (SSSR count). The van der Waals surface area contributed by atoms with Gasteiger partial charge in [0.15, 0.2) is 0 Å². The van der Waals surface area contributed by atoms with Gasteiger partial charge in [-0.05, 0) is 48.8 Å². The van der Waals surface area contributed by atoms with Gasteiger partial charge in [0.25, 0.3) is 0 Å². The fourth-order valence-electron chi connectivity index (χ4n) is 2.75. The van der Waals surface area contributed by atoms with Crippen molar-refractivity contribution in [1.82, 2.24) is 0 Å². The van der Waals surface area contributed by atoms with Crippen molar-refractivity contribution in [3.8, 4) is 6.07 Å². The minimum absolute atomic E-state index is 0.353. The van der Waals surface area contributed by atoms with Gasteiger partial charge in [-0.3, -0.25) is 0 Å². The van der Waals surface area contributed by atoms with E-state index < -0.39 is 0 Å². The van der Waals surface area contributed by atoms with Crippen LogP contribution < -0.4 is 0 Å². The number of rotatable bonds is 2. The van der Waals surface area contributed by atoms with Crippen molar-refractivity contribution in [3.63, 3.8) is 0 Å². The Balaban J connectivity index is 2.24. The highest BCUT2D eigenvalue weighted by Gasteiger charge is 2.56. The van der Waals surface area contributed by atoms with E-state index in [1.54, 1.807) is 0 Å². The van der Waals surface area contributed by atoms with Gasteiger partial charge in [-0.2, -0.15) is 5.26 Å². The van der Waals surface area contributed by atoms with Gasteiger partial charge < -0.3 is 0 Å². The Morgan fingerprint density at radius 3 is 2.29 bits per heavy atom. The summed E-state index contributed by atoms with van der Waals surface area (Å²) in [6.45, 7) is 8.95. The van der Waals surface area contributed by atoms with E-state index in [9.17, 15) is 0 Å². The Kier molecular flexibility index (Phi) is 2.83. The van der Waals surface area contributed by atoms with Gasteiger partial charge in [0.05, 0.1) is 11.6 Å². The monoisotopic (exact) mass is 225 g/mol. The number of nitriles is 1. The van der Waals surface area contributed by atoms with Crippen molar-refractivity contribution in [1.29, 1.82) is 5.26 Å². The van der Waals surface area contributed by atoms with Gasteiger partial charge in [0.2, 0.25) is 0 Å². The largest absolute Gasteiger partial charge is 0.192 e. The molecule has 0 spiro atoms. The summed E-state index contributed by atoms with van der Waals surface area (Å²) in [6, 6.07) is 10.2. The van der Waals surface area contributed by atoms with E-state index >= 15 is 0 Å². The van der Waals surface area contributed by atoms with Gasteiger partial charge >= 0.3 is 0 Å². The van der Waals surface area contributed by atoms with Crippen LogP contribution in [0.1, 0.15) is 44.7 Å². The number of hydrogen-bond acceptors (Lipinski definition) is 1. The molecule has 1 heteroatoms. The molecule has 0 saturated heterocycles. The second kappa shape index (κ2) is 4.04. The van der Waals surface area contributed by atoms with Gasteiger partial charge in [-0.25, -0.2) is 0 Å². The summed E-state index contributed by atoms with van der Waals surface area (Å²) in [6.07, 6.45) is 2.38. The van der Waals surface area contributed by atoms with Crippen LogP contribution in [-0.2, 0) is 0 Å². The van der Waals surface area contributed by atoms with Crippen molar-refractivity contribution in [2.75, 3.05) is 0 Å². The fraction of sp³-hybridized carbons (Fsp3) is 0.438. The maximum Gasteiger partial charge on any atom is 0.0991 e. The normalized spacial score (nSPS) is 24.9. The van der Waals surface area contributed by atoms with E-state index in [4.69, 9.17) is 5.26 Å². The Bertz CT molecular complexity index is 481. The second-order valence-corrected chi connectivity index (χ2v) is 5.80. The molecule has 1 aromatic rings. The molecule has 1 fully saturated rings. The maximum atomic E-state index is 8.80. The molecule has 0 heterocycles. The molecule has 0 radical (unpaired) electrons. The molecule has 1 saturated carbocycles. The molecule has 1 aromatic carbocycles. The third-order valence-electron chi connectivity index (χ3n) is 3.82. The third-order valence-corrected chi connectivity index (χ3v) is 3.82. The molecule has 1 aliphatic carbocycles. The standard InChI is InChI=1S/C16H19N/c1-11(2)9-14-15(16(14,3)4)13-7-5-12(10-17)6-8-13/h5-9,14-15H,1-4H3/t14-,15-/m0/s1. The molecule has 0 N–H and O–H groups in total. The molecule has 0 bridgehead atoms. The summed E-state index contributed by atoms with van der Waals surface area (Å²) >= 11 is 0. The van der Waals surface area contributed by atoms with Crippen molar-refractivity contribution in [3.05, 3.63) is 47.0 Å². The van der Waals surface area contributed by atoms with E-state index in [1.807, 2.05) is 12.1 Å². The van der Waals surface area contributed by atoms with Crippen LogP contribution in [0, 0.1) is 22.7 Å². The molecule has 1 nitrogen and oxygen atoms in total. The zero-order chi connectivity index (χ0) is 12.6. The molecule has 0 aliphatic heterocycles. The average molecular weight is 225 g/mol. The van der Waals surface area contributed by atoms with Gasteiger partial charge in [0, 0.05) is 0 Å². The summed E-state index contributed by atoms with van der Waals surface area (Å²) in [5.74, 6) is 1.24. The van der Waals surface area contributed by atoms with E-state index in [2.05, 4.69) is 52.0 Å². The van der Waals surface area contributed by atoms with Crippen molar-refractivity contribution >= 4 is 0 Å². The highest BCUT2D eigenvalue weighted by atomic mass is 14.6. The second-order valence-electron chi connectivity index (χ2n) is 5.80. The Hall–Kier alpha value is -1.55. The Labute approximate surface area is 104 Å². The molecule has 0 aromatic heterocycles. The van der Waals surface area contributed by atoms with Gasteiger partial charge in [-0.1, -0.05) is 37.6 Å². The first-order valence-corrected chi connectivity index (χ1v) is 6.12. The van der Waals surface area contributed by atoms with Crippen molar-refractivity contribution in [2.45, 2.75) is 33.6 Å². The molecule has 88 valence electrons. The van der Waals surface area contributed by atoms with Crippen LogP contribution in [-0.4, -0.2) is 0 Å². The number of benzene rings is 1. The highest BCUT2D eigenvalue weighted by molar-refractivity contribution is 5.39. The predicted molar refractivity (Wildman–Crippen MR) is 70.6 cm³/mol. The summed E-state index contributed by atoms with van der Waals surface area (Å²) in [5.41, 5.74) is 3.84. The number of nitrogens with zero attached hydrogens (tertiary/aromatic N) is 1. The predicted octanol–water partition coefficient (Wildman–Crippen LogP) is 4.26. The Morgan fingerprint density at radius 2 is 1.82 bits per heavy atom. The van der Waals surface area contributed by atoms with Gasteiger partial charge in [-0.15, -0.1) is 0 Å². The van der Waals surface area contributed by atoms with E-state index in [-0.39, 0.29) is 0 Å². The zero-order valence-corrected chi connectivity index (χ0v) is 11.0. The van der Waals surface area contributed by atoms with E-state index in [0.29, 0.717) is 17.3 Å². The first kappa shape index (κ1) is 11.9. The maximum absolute atomic E-state index is 8.80. The average Bonchev–Trinajstić information content (AvgIpc) is 2.80. The molecule has 0 amide bonds. The van der Waals surface area contributed by atoms with Crippen LogP contribution in [0.15, 0.2) is 35.9 Å².